The minimum absolute atomic E-state index is 0.0370. The van der Waals surface area contributed by atoms with Crippen LogP contribution < -0.4 is 5.32 Å². The molecule has 3 nitrogen and oxygen atoms in total. The Labute approximate surface area is 115 Å². The summed E-state index contributed by atoms with van der Waals surface area (Å²) < 4.78 is 0. The molecule has 0 atom stereocenters. The van der Waals surface area contributed by atoms with Crippen molar-refractivity contribution in [1.82, 2.24) is 0 Å². The quantitative estimate of drug-likeness (QED) is 0.900. The van der Waals surface area contributed by atoms with Crippen molar-refractivity contribution in [2.45, 2.75) is 52.9 Å². The molecule has 1 N–H and O–H groups in total. The first-order chi connectivity index (χ1) is 8.70. The van der Waals surface area contributed by atoms with Crippen LogP contribution in [0, 0.1) is 6.92 Å². The summed E-state index contributed by atoms with van der Waals surface area (Å²) in [5.41, 5.74) is 3.21. The lowest BCUT2D eigenvalue weighted by Crippen LogP contribution is -2.15. The smallest absolute Gasteiger partial charge is 0.224 e. The van der Waals surface area contributed by atoms with E-state index in [1.165, 1.54) is 12.5 Å². The third-order valence-electron chi connectivity index (χ3n) is 3.07. The molecule has 3 heteroatoms. The molecular weight excluding hydrogens is 238 g/mol. The summed E-state index contributed by atoms with van der Waals surface area (Å²) in [6.07, 6.45) is 0.542. The van der Waals surface area contributed by atoms with E-state index in [9.17, 15) is 9.59 Å². The lowest BCUT2D eigenvalue weighted by molar-refractivity contribution is -0.121. The zero-order valence-corrected chi connectivity index (χ0v) is 12.5. The van der Waals surface area contributed by atoms with Gasteiger partial charge in [0.05, 0.1) is 0 Å². The Morgan fingerprint density at radius 3 is 2.26 bits per heavy atom. The number of carbonyl (C=O) groups excluding carboxylic acids is 2. The molecule has 1 aromatic carbocycles. The van der Waals surface area contributed by atoms with Crippen LogP contribution in [0.5, 0.6) is 0 Å². The topological polar surface area (TPSA) is 46.2 Å². The van der Waals surface area contributed by atoms with Crippen LogP contribution in [0.4, 0.5) is 5.69 Å². The van der Waals surface area contributed by atoms with Crippen LogP contribution in [0.15, 0.2) is 18.2 Å². The van der Waals surface area contributed by atoms with E-state index in [2.05, 4.69) is 32.2 Å². The van der Waals surface area contributed by atoms with E-state index < -0.39 is 0 Å². The van der Waals surface area contributed by atoms with Crippen molar-refractivity contribution in [3.05, 3.63) is 29.3 Å². The van der Waals surface area contributed by atoms with Crippen molar-refractivity contribution in [2.75, 3.05) is 5.32 Å². The predicted molar refractivity (Wildman–Crippen MR) is 78.4 cm³/mol. The molecule has 0 aliphatic heterocycles. The van der Waals surface area contributed by atoms with E-state index >= 15 is 0 Å². The minimum atomic E-state index is -0.109. The summed E-state index contributed by atoms with van der Waals surface area (Å²) in [4.78, 5) is 22.5. The van der Waals surface area contributed by atoms with Gasteiger partial charge in [0.25, 0.3) is 0 Å². The largest absolute Gasteiger partial charge is 0.326 e. The molecule has 0 heterocycles. The van der Waals surface area contributed by atoms with Crippen LogP contribution in [0.3, 0.4) is 0 Å². The van der Waals surface area contributed by atoms with E-state index in [1.54, 1.807) is 0 Å². The van der Waals surface area contributed by atoms with Crippen molar-refractivity contribution in [2.24, 2.45) is 0 Å². The fraction of sp³-hybridized carbons (Fsp3) is 0.500. The number of Topliss-reactive ketones (excluding diaryl/α,β-unsaturated/α-hetero) is 1. The maximum atomic E-state index is 11.7. The van der Waals surface area contributed by atoms with Gasteiger partial charge in [-0.25, -0.2) is 0 Å². The van der Waals surface area contributed by atoms with Crippen molar-refractivity contribution in [3.8, 4) is 0 Å². The first-order valence-electron chi connectivity index (χ1n) is 6.60. The molecule has 0 aliphatic rings. The highest BCUT2D eigenvalue weighted by Gasteiger charge is 2.15. The number of rotatable bonds is 4. The molecule has 0 saturated heterocycles. The highest BCUT2D eigenvalue weighted by Crippen LogP contribution is 2.26. The molecule has 19 heavy (non-hydrogen) atoms. The van der Waals surface area contributed by atoms with Crippen molar-refractivity contribution in [3.63, 3.8) is 0 Å². The summed E-state index contributed by atoms with van der Waals surface area (Å²) in [7, 11) is 0. The second kappa shape index (κ2) is 6.00. The highest BCUT2D eigenvalue weighted by molar-refractivity contribution is 5.93. The number of nitrogens with one attached hydrogen (secondary N) is 1. The van der Waals surface area contributed by atoms with E-state index in [4.69, 9.17) is 0 Å². The van der Waals surface area contributed by atoms with Crippen molar-refractivity contribution in [1.29, 1.82) is 0 Å². The summed E-state index contributed by atoms with van der Waals surface area (Å²) in [5, 5.41) is 2.85. The zero-order chi connectivity index (χ0) is 14.6. The number of aryl methyl sites for hydroxylation is 1. The Hall–Kier alpha value is -1.64. The molecule has 0 fully saturated rings. The maximum absolute atomic E-state index is 11.7. The van der Waals surface area contributed by atoms with Gasteiger partial charge in [-0.3, -0.25) is 4.79 Å². The molecule has 0 saturated carbocycles. The van der Waals surface area contributed by atoms with Crippen LogP contribution in [0.25, 0.3) is 0 Å². The van der Waals surface area contributed by atoms with E-state index in [-0.39, 0.29) is 23.5 Å². The molecule has 0 radical (unpaired) electrons. The van der Waals surface area contributed by atoms with Crippen LogP contribution in [-0.4, -0.2) is 11.7 Å². The summed E-state index contributed by atoms with van der Waals surface area (Å²) >= 11 is 0. The number of carbonyl (C=O) groups is 2. The standard InChI is InChI=1S/C16H23NO2/c1-11-10-13(16(3,4)5)7-8-14(11)17-15(19)9-6-12(2)18/h7-8,10H,6,9H2,1-5H3,(H,17,19). The summed E-state index contributed by atoms with van der Waals surface area (Å²) in [6, 6.07) is 6.07. The molecular formula is C16H23NO2. The van der Waals surface area contributed by atoms with Gasteiger partial charge in [0.15, 0.2) is 0 Å². The third kappa shape index (κ3) is 4.86. The van der Waals surface area contributed by atoms with Gasteiger partial charge in [-0.15, -0.1) is 0 Å². The molecule has 0 unspecified atom stereocenters. The van der Waals surface area contributed by atoms with Gasteiger partial charge >= 0.3 is 0 Å². The Morgan fingerprint density at radius 1 is 1.16 bits per heavy atom. The predicted octanol–water partition coefficient (Wildman–Crippen LogP) is 3.60. The molecule has 0 aliphatic carbocycles. The maximum Gasteiger partial charge on any atom is 0.224 e. The van der Waals surface area contributed by atoms with Gasteiger partial charge in [-0.1, -0.05) is 32.9 Å². The second-order valence-corrected chi connectivity index (χ2v) is 6.03. The molecule has 0 spiro atoms. The van der Waals surface area contributed by atoms with Gasteiger partial charge in [0.2, 0.25) is 5.91 Å². The average Bonchev–Trinajstić information content (AvgIpc) is 2.27. The van der Waals surface area contributed by atoms with Gasteiger partial charge < -0.3 is 10.1 Å². The molecule has 0 bridgehead atoms. The van der Waals surface area contributed by atoms with Crippen molar-refractivity contribution >= 4 is 17.4 Å². The number of hydrogen-bond donors (Lipinski definition) is 1. The Morgan fingerprint density at radius 2 is 1.79 bits per heavy atom. The lowest BCUT2D eigenvalue weighted by Gasteiger charge is -2.20. The number of anilines is 1. The van der Waals surface area contributed by atoms with Gasteiger partial charge in [-0.2, -0.15) is 0 Å². The Balaban J connectivity index is 2.75. The molecule has 0 aromatic heterocycles. The van der Waals surface area contributed by atoms with Crippen LogP contribution >= 0.6 is 0 Å². The number of amides is 1. The zero-order valence-electron chi connectivity index (χ0n) is 12.5. The van der Waals surface area contributed by atoms with Gasteiger partial charge in [0, 0.05) is 18.5 Å². The SMILES string of the molecule is CC(=O)CCC(=O)Nc1ccc(C(C)(C)C)cc1C. The van der Waals surface area contributed by atoms with E-state index in [0.29, 0.717) is 6.42 Å². The third-order valence-corrected chi connectivity index (χ3v) is 3.07. The first kappa shape index (κ1) is 15.4. The molecule has 1 aromatic rings. The van der Waals surface area contributed by atoms with Crippen molar-refractivity contribution < 1.29 is 9.59 Å². The number of hydrogen-bond acceptors (Lipinski definition) is 2. The Kier molecular flexibility index (Phi) is 4.87. The average molecular weight is 261 g/mol. The molecule has 1 rings (SSSR count). The lowest BCUT2D eigenvalue weighted by atomic mass is 9.86. The van der Waals surface area contributed by atoms with E-state index in [0.717, 1.165) is 11.3 Å². The summed E-state index contributed by atoms with van der Waals surface area (Å²) in [6.45, 7) is 9.96. The molecule has 1 amide bonds. The monoisotopic (exact) mass is 261 g/mol. The fourth-order valence-electron chi connectivity index (χ4n) is 1.77. The van der Waals surface area contributed by atoms with Crippen LogP contribution in [0.1, 0.15) is 51.7 Å². The van der Waals surface area contributed by atoms with Gasteiger partial charge in [-0.05, 0) is 36.5 Å². The van der Waals surface area contributed by atoms with Gasteiger partial charge in [0.1, 0.15) is 5.78 Å². The molecule has 104 valence electrons. The number of ketones is 1. The fourth-order valence-corrected chi connectivity index (χ4v) is 1.77. The summed E-state index contributed by atoms with van der Waals surface area (Å²) in [5.74, 6) is -0.0724. The second-order valence-electron chi connectivity index (χ2n) is 6.03. The normalized spacial score (nSPS) is 11.2. The number of benzene rings is 1. The van der Waals surface area contributed by atoms with E-state index in [1.807, 2.05) is 19.1 Å². The van der Waals surface area contributed by atoms with Crippen LogP contribution in [-0.2, 0) is 15.0 Å². The van der Waals surface area contributed by atoms with Crippen LogP contribution in [0.2, 0.25) is 0 Å². The highest BCUT2D eigenvalue weighted by atomic mass is 16.2. The Bertz CT molecular complexity index is 484. The minimum Gasteiger partial charge on any atom is -0.326 e. The first-order valence-corrected chi connectivity index (χ1v) is 6.60.